The summed E-state index contributed by atoms with van der Waals surface area (Å²) in [4.78, 5) is 2.90. The van der Waals surface area contributed by atoms with Crippen LogP contribution in [0, 0.1) is 0 Å². The van der Waals surface area contributed by atoms with Crippen molar-refractivity contribution in [3.63, 3.8) is 0 Å². The molecule has 4 nitrogen and oxygen atoms in total. The first kappa shape index (κ1) is 12.3. The molecular formula is C12H14BrN3O. The molecule has 2 atom stereocenters. The molecule has 90 valence electrons. The van der Waals surface area contributed by atoms with Gasteiger partial charge in [0.05, 0.1) is 6.04 Å². The van der Waals surface area contributed by atoms with Gasteiger partial charge < -0.3 is 4.74 Å². The van der Waals surface area contributed by atoms with Crippen LogP contribution in [0.2, 0.25) is 0 Å². The predicted octanol–water partition coefficient (Wildman–Crippen LogP) is 4.45. The topological polar surface area (TPSA) is 58.0 Å². The Morgan fingerprint density at radius 2 is 1.94 bits per heavy atom. The molecule has 0 amide bonds. The van der Waals surface area contributed by atoms with Gasteiger partial charge in [0.1, 0.15) is 11.9 Å². The normalized spacial score (nSPS) is 23.8. The fourth-order valence-electron chi connectivity index (χ4n) is 2.10. The van der Waals surface area contributed by atoms with Crippen LogP contribution in [-0.2, 0) is 0 Å². The fourth-order valence-corrected chi connectivity index (χ4v) is 2.37. The number of hydrogen-bond donors (Lipinski definition) is 0. The van der Waals surface area contributed by atoms with Crippen LogP contribution in [0.15, 0.2) is 33.9 Å². The molecule has 0 radical (unpaired) electrons. The van der Waals surface area contributed by atoms with E-state index in [1.165, 1.54) is 0 Å². The summed E-state index contributed by atoms with van der Waals surface area (Å²) in [6.07, 6.45) is 4.15. The van der Waals surface area contributed by atoms with E-state index in [0.29, 0.717) is 0 Å². The molecule has 0 saturated heterocycles. The van der Waals surface area contributed by atoms with Crippen LogP contribution in [0.1, 0.15) is 25.7 Å². The number of rotatable bonds is 3. The zero-order valence-electron chi connectivity index (χ0n) is 9.42. The first-order valence-corrected chi connectivity index (χ1v) is 6.55. The second-order valence-corrected chi connectivity index (χ2v) is 5.08. The minimum absolute atomic E-state index is 0.0147. The highest BCUT2D eigenvalue weighted by molar-refractivity contribution is 9.10. The zero-order valence-corrected chi connectivity index (χ0v) is 11.0. The molecule has 1 aromatic rings. The van der Waals surface area contributed by atoms with Gasteiger partial charge in [-0.15, -0.1) is 0 Å². The highest BCUT2D eigenvalue weighted by atomic mass is 79.9. The molecule has 17 heavy (non-hydrogen) atoms. The second-order valence-electron chi connectivity index (χ2n) is 4.17. The lowest BCUT2D eigenvalue weighted by molar-refractivity contribution is 0.132. The van der Waals surface area contributed by atoms with Crippen LogP contribution >= 0.6 is 15.9 Å². The molecular weight excluding hydrogens is 282 g/mol. The van der Waals surface area contributed by atoms with Crippen LogP contribution < -0.4 is 4.74 Å². The maximum Gasteiger partial charge on any atom is 0.119 e. The lowest BCUT2D eigenvalue weighted by Crippen LogP contribution is -2.33. The predicted molar refractivity (Wildman–Crippen MR) is 70.0 cm³/mol. The summed E-state index contributed by atoms with van der Waals surface area (Å²) >= 11 is 3.39. The molecule has 1 aliphatic rings. The Balaban J connectivity index is 2.05. The summed E-state index contributed by atoms with van der Waals surface area (Å²) in [6.45, 7) is 0. The van der Waals surface area contributed by atoms with Crippen LogP contribution in [0.5, 0.6) is 5.75 Å². The van der Waals surface area contributed by atoms with Crippen LogP contribution in [0.3, 0.4) is 0 Å². The van der Waals surface area contributed by atoms with Gasteiger partial charge in [0.25, 0.3) is 0 Å². The minimum Gasteiger partial charge on any atom is -0.490 e. The Labute approximate surface area is 109 Å². The average Bonchev–Trinajstić information content (AvgIpc) is 2.35. The number of nitrogens with zero attached hydrogens (tertiary/aromatic N) is 3. The number of azide groups is 1. The van der Waals surface area contributed by atoms with Crippen LogP contribution in [0.4, 0.5) is 0 Å². The summed E-state index contributed by atoms with van der Waals surface area (Å²) in [5.74, 6) is 0.832. The first-order chi connectivity index (χ1) is 8.29. The highest BCUT2D eigenvalue weighted by Gasteiger charge is 2.25. The molecule has 0 N–H and O–H groups in total. The SMILES string of the molecule is [N-]=[N+]=N[C@H]1CCCC[C@H]1Oc1ccc(Br)cc1. The highest BCUT2D eigenvalue weighted by Crippen LogP contribution is 2.26. The maximum absolute atomic E-state index is 8.54. The number of benzene rings is 1. The van der Waals surface area contributed by atoms with Gasteiger partial charge in [-0.25, -0.2) is 0 Å². The smallest absolute Gasteiger partial charge is 0.119 e. The zero-order chi connectivity index (χ0) is 12.1. The Bertz CT molecular complexity index is 414. The van der Waals surface area contributed by atoms with Crippen molar-refractivity contribution >= 4 is 15.9 Å². The van der Waals surface area contributed by atoms with E-state index < -0.39 is 0 Å². The lowest BCUT2D eigenvalue weighted by Gasteiger charge is -2.28. The lowest BCUT2D eigenvalue weighted by atomic mass is 9.93. The summed E-state index contributed by atoms with van der Waals surface area (Å²) in [7, 11) is 0. The van der Waals surface area contributed by atoms with E-state index in [-0.39, 0.29) is 12.1 Å². The van der Waals surface area contributed by atoms with E-state index in [4.69, 9.17) is 10.3 Å². The summed E-state index contributed by atoms with van der Waals surface area (Å²) in [5, 5.41) is 3.83. The van der Waals surface area contributed by atoms with Crippen molar-refractivity contribution < 1.29 is 4.74 Å². The first-order valence-electron chi connectivity index (χ1n) is 5.76. The molecule has 0 heterocycles. The molecule has 0 aromatic heterocycles. The van der Waals surface area contributed by atoms with Gasteiger partial charge >= 0.3 is 0 Å². The van der Waals surface area contributed by atoms with Gasteiger partial charge in [0.15, 0.2) is 0 Å². The van der Waals surface area contributed by atoms with E-state index in [0.717, 1.165) is 35.9 Å². The van der Waals surface area contributed by atoms with Gasteiger partial charge in [-0.3, -0.25) is 0 Å². The van der Waals surface area contributed by atoms with E-state index in [1.54, 1.807) is 0 Å². The van der Waals surface area contributed by atoms with E-state index >= 15 is 0 Å². The van der Waals surface area contributed by atoms with Gasteiger partial charge in [-0.05, 0) is 49.1 Å². The van der Waals surface area contributed by atoms with Crippen LogP contribution in [-0.4, -0.2) is 12.1 Å². The van der Waals surface area contributed by atoms with Crippen LogP contribution in [0.25, 0.3) is 10.4 Å². The van der Waals surface area contributed by atoms with Crippen molar-refractivity contribution in [2.24, 2.45) is 5.11 Å². The molecule has 1 aromatic carbocycles. The van der Waals surface area contributed by atoms with Gasteiger partial charge in [-0.1, -0.05) is 27.5 Å². The monoisotopic (exact) mass is 295 g/mol. The number of hydrogen-bond acceptors (Lipinski definition) is 2. The third-order valence-electron chi connectivity index (χ3n) is 2.97. The van der Waals surface area contributed by atoms with E-state index in [2.05, 4.69) is 26.0 Å². The molecule has 0 bridgehead atoms. The molecule has 0 spiro atoms. The average molecular weight is 296 g/mol. The third-order valence-corrected chi connectivity index (χ3v) is 3.50. The Kier molecular flexibility index (Phi) is 4.29. The van der Waals surface area contributed by atoms with Crippen molar-refractivity contribution in [2.45, 2.75) is 37.8 Å². The van der Waals surface area contributed by atoms with Crippen molar-refractivity contribution in [1.29, 1.82) is 0 Å². The number of halogens is 1. The molecule has 2 rings (SSSR count). The van der Waals surface area contributed by atoms with Crippen molar-refractivity contribution in [3.8, 4) is 5.75 Å². The third kappa shape index (κ3) is 3.38. The Morgan fingerprint density at radius 1 is 1.24 bits per heavy atom. The number of ether oxygens (including phenoxy) is 1. The quantitative estimate of drug-likeness (QED) is 0.462. The Hall–Kier alpha value is -1.19. The minimum atomic E-state index is -0.0302. The second kappa shape index (κ2) is 5.94. The summed E-state index contributed by atoms with van der Waals surface area (Å²) < 4.78 is 6.92. The fraction of sp³-hybridized carbons (Fsp3) is 0.500. The van der Waals surface area contributed by atoms with Gasteiger partial charge in [0, 0.05) is 9.38 Å². The standard InChI is InChI=1S/C12H14BrN3O/c13-9-5-7-10(8-6-9)17-12-4-2-1-3-11(12)15-16-14/h5-8,11-12H,1-4H2/t11-,12+/m0/s1. The van der Waals surface area contributed by atoms with Crippen molar-refractivity contribution in [1.82, 2.24) is 0 Å². The molecule has 5 heteroatoms. The summed E-state index contributed by atoms with van der Waals surface area (Å²) in [5.41, 5.74) is 8.54. The van der Waals surface area contributed by atoms with Crippen molar-refractivity contribution in [3.05, 3.63) is 39.2 Å². The molecule has 1 aliphatic carbocycles. The molecule has 1 fully saturated rings. The van der Waals surface area contributed by atoms with Gasteiger partial charge in [0.2, 0.25) is 0 Å². The van der Waals surface area contributed by atoms with Crippen molar-refractivity contribution in [2.75, 3.05) is 0 Å². The maximum atomic E-state index is 8.54. The largest absolute Gasteiger partial charge is 0.490 e. The molecule has 1 saturated carbocycles. The Morgan fingerprint density at radius 3 is 2.65 bits per heavy atom. The van der Waals surface area contributed by atoms with E-state index in [1.807, 2.05) is 24.3 Å². The molecule has 0 unspecified atom stereocenters. The van der Waals surface area contributed by atoms with E-state index in [9.17, 15) is 0 Å². The van der Waals surface area contributed by atoms with Gasteiger partial charge in [-0.2, -0.15) is 0 Å². The summed E-state index contributed by atoms with van der Waals surface area (Å²) in [6, 6.07) is 7.71. The molecule has 0 aliphatic heterocycles.